The van der Waals surface area contributed by atoms with Crippen molar-refractivity contribution in [3.63, 3.8) is 0 Å². The topological polar surface area (TPSA) is 75.8 Å². The van der Waals surface area contributed by atoms with E-state index in [9.17, 15) is 4.79 Å². The highest BCUT2D eigenvalue weighted by atomic mass is 16.5. The van der Waals surface area contributed by atoms with Gasteiger partial charge in [-0.05, 0) is 37.5 Å². The van der Waals surface area contributed by atoms with Crippen molar-refractivity contribution in [3.05, 3.63) is 23.8 Å². The average molecular weight is 266 g/mol. The lowest BCUT2D eigenvalue weighted by Gasteiger charge is -2.18. The van der Waals surface area contributed by atoms with Gasteiger partial charge in [0, 0.05) is 25.9 Å². The van der Waals surface area contributed by atoms with Crippen molar-refractivity contribution in [3.8, 4) is 5.75 Å². The van der Waals surface area contributed by atoms with Crippen LogP contribution in [0.4, 0.5) is 5.69 Å². The van der Waals surface area contributed by atoms with E-state index in [1.165, 1.54) is 7.11 Å². The second-order valence-electron chi connectivity index (χ2n) is 4.47. The second-order valence-corrected chi connectivity index (χ2v) is 4.47. The number of benzene rings is 1. The van der Waals surface area contributed by atoms with Crippen molar-refractivity contribution in [2.45, 2.75) is 19.3 Å². The standard InChI is InChI=1S/C14H22N2O3/c1-16(8-4-3-5-9-17)14(18)12-10-11(15)6-7-13(12)19-2/h6-7,10,17H,3-5,8-9,15H2,1-2H3. The van der Waals surface area contributed by atoms with Gasteiger partial charge in [-0.15, -0.1) is 0 Å². The average Bonchev–Trinajstić information content (AvgIpc) is 2.42. The van der Waals surface area contributed by atoms with E-state index in [1.54, 1.807) is 30.1 Å². The molecule has 0 radical (unpaired) electrons. The minimum absolute atomic E-state index is 0.104. The van der Waals surface area contributed by atoms with E-state index in [0.29, 0.717) is 23.5 Å². The molecule has 0 saturated heterocycles. The molecule has 106 valence electrons. The summed E-state index contributed by atoms with van der Waals surface area (Å²) in [5.74, 6) is 0.426. The third-order valence-corrected chi connectivity index (χ3v) is 2.95. The van der Waals surface area contributed by atoms with E-state index < -0.39 is 0 Å². The number of amides is 1. The highest BCUT2D eigenvalue weighted by molar-refractivity contribution is 5.97. The smallest absolute Gasteiger partial charge is 0.257 e. The van der Waals surface area contributed by atoms with Crippen LogP contribution in [0.1, 0.15) is 29.6 Å². The van der Waals surface area contributed by atoms with E-state index in [0.717, 1.165) is 19.3 Å². The molecule has 1 rings (SSSR count). The van der Waals surface area contributed by atoms with Gasteiger partial charge in [-0.25, -0.2) is 0 Å². The Morgan fingerprint density at radius 2 is 2.11 bits per heavy atom. The molecule has 0 aliphatic carbocycles. The fraction of sp³-hybridized carbons (Fsp3) is 0.500. The number of anilines is 1. The Kier molecular flexibility index (Phi) is 6.15. The minimum Gasteiger partial charge on any atom is -0.496 e. The molecule has 1 amide bonds. The number of ether oxygens (including phenoxy) is 1. The number of nitrogens with two attached hydrogens (primary N) is 1. The number of carbonyl (C=O) groups excluding carboxylic acids is 1. The van der Waals surface area contributed by atoms with Crippen LogP contribution >= 0.6 is 0 Å². The van der Waals surface area contributed by atoms with Crippen LogP contribution in [0.15, 0.2) is 18.2 Å². The largest absolute Gasteiger partial charge is 0.496 e. The number of unbranched alkanes of at least 4 members (excludes halogenated alkanes) is 2. The van der Waals surface area contributed by atoms with Gasteiger partial charge in [-0.2, -0.15) is 0 Å². The molecule has 0 aliphatic heterocycles. The van der Waals surface area contributed by atoms with Crippen LogP contribution in [-0.2, 0) is 0 Å². The number of aliphatic hydroxyl groups is 1. The first-order valence-corrected chi connectivity index (χ1v) is 6.40. The summed E-state index contributed by atoms with van der Waals surface area (Å²) in [5.41, 5.74) is 6.72. The summed E-state index contributed by atoms with van der Waals surface area (Å²) >= 11 is 0. The third kappa shape index (κ3) is 4.44. The van der Waals surface area contributed by atoms with Gasteiger partial charge in [0.1, 0.15) is 5.75 Å². The molecule has 5 heteroatoms. The molecular formula is C14H22N2O3. The van der Waals surface area contributed by atoms with Crippen molar-refractivity contribution in [1.82, 2.24) is 4.90 Å². The number of nitrogens with zero attached hydrogens (tertiary/aromatic N) is 1. The Bertz CT molecular complexity index is 421. The van der Waals surface area contributed by atoms with Crippen LogP contribution in [0.5, 0.6) is 5.75 Å². The number of aliphatic hydroxyl groups excluding tert-OH is 1. The molecule has 5 nitrogen and oxygen atoms in total. The molecule has 1 aromatic carbocycles. The number of carbonyl (C=O) groups is 1. The van der Waals surface area contributed by atoms with E-state index in [1.807, 2.05) is 0 Å². The zero-order chi connectivity index (χ0) is 14.3. The van der Waals surface area contributed by atoms with Crippen molar-refractivity contribution in [2.24, 2.45) is 0 Å². The van der Waals surface area contributed by atoms with Gasteiger partial charge in [-0.1, -0.05) is 0 Å². The van der Waals surface area contributed by atoms with Crippen LogP contribution in [0.25, 0.3) is 0 Å². The summed E-state index contributed by atoms with van der Waals surface area (Å²) < 4.78 is 5.18. The molecule has 0 fully saturated rings. The van der Waals surface area contributed by atoms with Crippen molar-refractivity contribution >= 4 is 11.6 Å². The summed E-state index contributed by atoms with van der Waals surface area (Å²) in [4.78, 5) is 13.9. The summed E-state index contributed by atoms with van der Waals surface area (Å²) in [6, 6.07) is 5.03. The quantitative estimate of drug-likeness (QED) is 0.579. The molecule has 0 bridgehead atoms. The molecule has 0 saturated carbocycles. The summed E-state index contributed by atoms with van der Waals surface area (Å²) in [7, 11) is 3.29. The minimum atomic E-state index is -0.104. The number of methoxy groups -OCH3 is 1. The lowest BCUT2D eigenvalue weighted by Crippen LogP contribution is -2.28. The third-order valence-electron chi connectivity index (χ3n) is 2.95. The number of rotatable bonds is 7. The predicted molar refractivity (Wildman–Crippen MR) is 75.3 cm³/mol. The summed E-state index contributed by atoms with van der Waals surface area (Å²) in [6.45, 7) is 0.845. The molecule has 0 heterocycles. The maximum atomic E-state index is 12.3. The lowest BCUT2D eigenvalue weighted by molar-refractivity contribution is 0.0789. The molecule has 1 aromatic rings. The van der Waals surface area contributed by atoms with Crippen LogP contribution in [0.2, 0.25) is 0 Å². The Morgan fingerprint density at radius 3 is 2.74 bits per heavy atom. The first-order chi connectivity index (χ1) is 9.10. The Hall–Kier alpha value is -1.75. The first-order valence-electron chi connectivity index (χ1n) is 6.40. The molecule has 0 unspecified atom stereocenters. The Labute approximate surface area is 114 Å². The molecule has 0 aliphatic rings. The summed E-state index contributed by atoms with van der Waals surface area (Å²) in [6.07, 6.45) is 2.54. The highest BCUT2D eigenvalue weighted by Crippen LogP contribution is 2.22. The summed E-state index contributed by atoms with van der Waals surface area (Å²) in [5, 5.41) is 8.71. The fourth-order valence-corrected chi connectivity index (χ4v) is 1.84. The molecule has 0 spiro atoms. The predicted octanol–water partition coefficient (Wildman–Crippen LogP) is 1.51. The van der Waals surface area contributed by atoms with Gasteiger partial charge in [0.25, 0.3) is 5.91 Å². The van der Waals surface area contributed by atoms with Crippen LogP contribution < -0.4 is 10.5 Å². The number of nitrogen functional groups attached to an aromatic ring is 1. The maximum absolute atomic E-state index is 12.3. The molecule has 3 N–H and O–H groups in total. The van der Waals surface area contributed by atoms with Gasteiger partial charge < -0.3 is 20.5 Å². The van der Waals surface area contributed by atoms with E-state index in [-0.39, 0.29) is 12.5 Å². The number of hydrogen-bond acceptors (Lipinski definition) is 4. The fourth-order valence-electron chi connectivity index (χ4n) is 1.84. The van der Waals surface area contributed by atoms with Crippen molar-refractivity contribution in [1.29, 1.82) is 0 Å². The van der Waals surface area contributed by atoms with E-state index >= 15 is 0 Å². The van der Waals surface area contributed by atoms with Gasteiger partial charge in [-0.3, -0.25) is 4.79 Å². The SMILES string of the molecule is COc1ccc(N)cc1C(=O)N(C)CCCCCO. The van der Waals surface area contributed by atoms with Crippen LogP contribution in [-0.4, -0.2) is 43.2 Å². The highest BCUT2D eigenvalue weighted by Gasteiger charge is 2.16. The maximum Gasteiger partial charge on any atom is 0.257 e. The van der Waals surface area contributed by atoms with E-state index in [4.69, 9.17) is 15.6 Å². The second kappa shape index (κ2) is 7.63. The van der Waals surface area contributed by atoms with Crippen molar-refractivity contribution in [2.75, 3.05) is 33.0 Å². The van der Waals surface area contributed by atoms with Crippen LogP contribution in [0.3, 0.4) is 0 Å². The molecule has 19 heavy (non-hydrogen) atoms. The normalized spacial score (nSPS) is 10.3. The molecule has 0 atom stereocenters. The van der Waals surface area contributed by atoms with Gasteiger partial charge >= 0.3 is 0 Å². The van der Waals surface area contributed by atoms with Gasteiger partial charge in [0.05, 0.1) is 12.7 Å². The Balaban J connectivity index is 2.68. The van der Waals surface area contributed by atoms with Gasteiger partial charge in [0.2, 0.25) is 0 Å². The number of hydrogen-bond donors (Lipinski definition) is 2. The molecule has 0 aromatic heterocycles. The van der Waals surface area contributed by atoms with Crippen LogP contribution in [0, 0.1) is 0 Å². The van der Waals surface area contributed by atoms with E-state index in [2.05, 4.69) is 0 Å². The Morgan fingerprint density at radius 1 is 1.37 bits per heavy atom. The zero-order valence-corrected chi connectivity index (χ0v) is 11.6. The van der Waals surface area contributed by atoms with Crippen molar-refractivity contribution < 1.29 is 14.6 Å². The monoisotopic (exact) mass is 266 g/mol. The zero-order valence-electron chi connectivity index (χ0n) is 11.6. The van der Waals surface area contributed by atoms with Gasteiger partial charge in [0.15, 0.2) is 0 Å². The molecular weight excluding hydrogens is 244 g/mol. The lowest BCUT2D eigenvalue weighted by atomic mass is 10.1. The first kappa shape index (κ1) is 15.3.